The van der Waals surface area contributed by atoms with Gasteiger partial charge in [0.1, 0.15) is 5.82 Å². The van der Waals surface area contributed by atoms with Gasteiger partial charge in [-0.05, 0) is 12.8 Å². The quantitative estimate of drug-likeness (QED) is 0.871. The molecule has 6 nitrogen and oxygen atoms in total. The van der Waals surface area contributed by atoms with Gasteiger partial charge in [-0.2, -0.15) is 0 Å². The molecule has 6 heteroatoms. The van der Waals surface area contributed by atoms with E-state index in [4.69, 9.17) is 0 Å². The average molecular weight is 250 g/mol. The van der Waals surface area contributed by atoms with Gasteiger partial charge in [0, 0.05) is 20.0 Å². The van der Waals surface area contributed by atoms with E-state index in [1.807, 2.05) is 14.0 Å². The second kappa shape index (κ2) is 4.80. The average Bonchev–Trinajstić information content (AvgIpc) is 2.62. The summed E-state index contributed by atoms with van der Waals surface area (Å²) in [6.45, 7) is 4.41. The molecule has 18 heavy (non-hydrogen) atoms. The van der Waals surface area contributed by atoms with Gasteiger partial charge in [-0.1, -0.05) is 13.8 Å². The van der Waals surface area contributed by atoms with E-state index in [2.05, 4.69) is 16.9 Å². The van der Waals surface area contributed by atoms with Crippen LogP contribution in [0.25, 0.3) is 11.2 Å². The summed E-state index contributed by atoms with van der Waals surface area (Å²) in [4.78, 5) is 31.0. The molecule has 0 atom stereocenters. The Balaban J connectivity index is 2.76. The summed E-state index contributed by atoms with van der Waals surface area (Å²) in [5.41, 5.74) is 0.234. The van der Waals surface area contributed by atoms with Crippen molar-refractivity contribution in [2.75, 3.05) is 0 Å². The zero-order chi connectivity index (χ0) is 13.3. The molecule has 98 valence electrons. The lowest BCUT2D eigenvalue weighted by molar-refractivity contribution is 0.620. The normalized spacial score (nSPS) is 11.3. The fourth-order valence-electron chi connectivity index (χ4n) is 2.14. The van der Waals surface area contributed by atoms with Gasteiger partial charge < -0.3 is 4.57 Å². The number of H-pyrrole nitrogens is 1. The van der Waals surface area contributed by atoms with Crippen molar-refractivity contribution in [2.45, 2.75) is 39.7 Å². The predicted molar refractivity (Wildman–Crippen MR) is 69.9 cm³/mol. The molecule has 2 aromatic rings. The lowest BCUT2D eigenvalue weighted by Gasteiger charge is -2.03. The molecule has 0 spiro atoms. The maximum atomic E-state index is 12.3. The highest BCUT2D eigenvalue weighted by Gasteiger charge is 2.14. The van der Waals surface area contributed by atoms with E-state index in [9.17, 15) is 9.59 Å². The lowest BCUT2D eigenvalue weighted by atomic mass is 10.3. The molecule has 0 fully saturated rings. The summed E-state index contributed by atoms with van der Waals surface area (Å²) in [5.74, 6) is 0.828. The molecule has 0 unspecified atom stereocenters. The molecule has 2 rings (SSSR count). The number of nitrogens with zero attached hydrogens (tertiary/aromatic N) is 3. The first-order chi connectivity index (χ1) is 8.60. The van der Waals surface area contributed by atoms with Crippen LogP contribution in [0.15, 0.2) is 9.59 Å². The van der Waals surface area contributed by atoms with Crippen molar-refractivity contribution >= 4 is 11.2 Å². The molecular formula is C12H18N4O2. The third kappa shape index (κ3) is 1.87. The Kier molecular flexibility index (Phi) is 3.36. The number of imidazole rings is 1. The number of hydrogen-bond donors (Lipinski definition) is 1. The maximum Gasteiger partial charge on any atom is 0.330 e. The van der Waals surface area contributed by atoms with Crippen molar-refractivity contribution in [1.29, 1.82) is 0 Å². The minimum atomic E-state index is -0.379. The van der Waals surface area contributed by atoms with Crippen LogP contribution in [0, 0.1) is 0 Å². The van der Waals surface area contributed by atoms with Gasteiger partial charge in [0.15, 0.2) is 11.2 Å². The number of hydrogen-bond acceptors (Lipinski definition) is 3. The van der Waals surface area contributed by atoms with Crippen molar-refractivity contribution < 1.29 is 0 Å². The van der Waals surface area contributed by atoms with Gasteiger partial charge in [0.2, 0.25) is 0 Å². The highest BCUT2D eigenvalue weighted by Crippen LogP contribution is 2.08. The molecule has 2 aromatic heterocycles. The molecule has 0 aliphatic carbocycles. The molecule has 1 N–H and O–H groups in total. The van der Waals surface area contributed by atoms with Crippen LogP contribution in [-0.2, 0) is 20.0 Å². The smallest absolute Gasteiger partial charge is 0.325 e. The summed E-state index contributed by atoms with van der Waals surface area (Å²) < 4.78 is 3.02. The van der Waals surface area contributed by atoms with Gasteiger partial charge >= 0.3 is 5.69 Å². The summed E-state index contributed by atoms with van der Waals surface area (Å²) in [7, 11) is 1.82. The number of nitrogens with one attached hydrogen (secondary N) is 1. The Morgan fingerprint density at radius 2 is 1.94 bits per heavy atom. The molecule has 0 bridgehead atoms. The van der Waals surface area contributed by atoms with Gasteiger partial charge in [0.25, 0.3) is 5.56 Å². The van der Waals surface area contributed by atoms with Crippen LogP contribution in [0.3, 0.4) is 0 Å². The molecule has 0 radical (unpaired) electrons. The Labute approximate surface area is 104 Å². The van der Waals surface area contributed by atoms with Gasteiger partial charge in [-0.15, -0.1) is 0 Å². The molecule has 0 aromatic carbocycles. The largest absolute Gasteiger partial charge is 0.330 e. The van der Waals surface area contributed by atoms with Crippen molar-refractivity contribution in [1.82, 2.24) is 19.1 Å². The van der Waals surface area contributed by atoms with Crippen LogP contribution < -0.4 is 11.2 Å². The topological polar surface area (TPSA) is 72.7 Å². The van der Waals surface area contributed by atoms with Crippen molar-refractivity contribution in [3.8, 4) is 0 Å². The highest BCUT2D eigenvalue weighted by molar-refractivity contribution is 5.70. The van der Waals surface area contributed by atoms with Crippen LogP contribution in [-0.4, -0.2) is 19.1 Å². The predicted octanol–water partition coefficient (Wildman–Crippen LogP) is 0.786. The van der Waals surface area contributed by atoms with Crippen molar-refractivity contribution in [2.24, 2.45) is 7.05 Å². The van der Waals surface area contributed by atoms with Gasteiger partial charge in [-0.3, -0.25) is 14.3 Å². The molecule has 0 amide bonds. The summed E-state index contributed by atoms with van der Waals surface area (Å²) in [5, 5.41) is 0. The summed E-state index contributed by atoms with van der Waals surface area (Å²) in [6, 6.07) is 0. The molecular weight excluding hydrogens is 232 g/mol. The highest BCUT2D eigenvalue weighted by atomic mass is 16.2. The van der Waals surface area contributed by atoms with E-state index in [-0.39, 0.29) is 11.2 Å². The van der Waals surface area contributed by atoms with Crippen LogP contribution in [0.4, 0.5) is 0 Å². The fraction of sp³-hybridized carbons (Fsp3) is 0.583. The van der Waals surface area contributed by atoms with E-state index in [1.54, 1.807) is 4.57 Å². The third-order valence-corrected chi connectivity index (χ3v) is 3.03. The van der Waals surface area contributed by atoms with Gasteiger partial charge in [-0.25, -0.2) is 9.78 Å². The molecule has 2 heterocycles. The number of aromatic nitrogens is 4. The fourth-order valence-corrected chi connectivity index (χ4v) is 2.14. The Morgan fingerprint density at radius 3 is 2.56 bits per heavy atom. The Hall–Kier alpha value is -1.85. The zero-order valence-electron chi connectivity index (χ0n) is 11.0. The van der Waals surface area contributed by atoms with E-state index < -0.39 is 0 Å². The minimum Gasteiger partial charge on any atom is -0.325 e. The number of rotatable bonds is 4. The molecule has 0 saturated heterocycles. The lowest BCUT2D eigenvalue weighted by Crippen LogP contribution is -2.35. The van der Waals surface area contributed by atoms with Gasteiger partial charge in [0.05, 0.1) is 0 Å². The summed E-state index contributed by atoms with van der Waals surface area (Å²) >= 11 is 0. The second-order valence-corrected chi connectivity index (χ2v) is 4.42. The molecule has 0 aliphatic rings. The number of aromatic amines is 1. The van der Waals surface area contributed by atoms with E-state index in [0.717, 1.165) is 25.1 Å². The first-order valence-corrected chi connectivity index (χ1v) is 6.28. The number of fused-ring (bicyclic) bond motifs is 1. The van der Waals surface area contributed by atoms with Crippen LogP contribution in [0.1, 0.15) is 32.5 Å². The van der Waals surface area contributed by atoms with E-state index >= 15 is 0 Å². The Morgan fingerprint density at radius 1 is 1.22 bits per heavy atom. The van der Waals surface area contributed by atoms with Crippen molar-refractivity contribution in [3.63, 3.8) is 0 Å². The SMILES string of the molecule is CCCc1nc2[nH]c(=O)n(CCC)c(=O)c2n1C. The maximum absolute atomic E-state index is 12.3. The van der Waals surface area contributed by atoms with E-state index in [0.29, 0.717) is 17.7 Å². The molecule has 0 saturated carbocycles. The standard InChI is InChI=1S/C12H18N4O2/c1-4-6-8-13-10-9(15(8)3)11(17)16(7-5-2)12(18)14-10/h4-7H2,1-3H3,(H,14,18). The summed E-state index contributed by atoms with van der Waals surface area (Å²) in [6.07, 6.45) is 2.49. The van der Waals surface area contributed by atoms with Crippen LogP contribution >= 0.6 is 0 Å². The monoisotopic (exact) mass is 250 g/mol. The van der Waals surface area contributed by atoms with Crippen LogP contribution in [0.2, 0.25) is 0 Å². The second-order valence-electron chi connectivity index (χ2n) is 4.42. The first-order valence-electron chi connectivity index (χ1n) is 6.28. The van der Waals surface area contributed by atoms with Crippen LogP contribution in [0.5, 0.6) is 0 Å². The minimum absolute atomic E-state index is 0.257. The van der Waals surface area contributed by atoms with E-state index in [1.165, 1.54) is 4.57 Å². The third-order valence-electron chi connectivity index (χ3n) is 3.03. The number of aryl methyl sites for hydroxylation is 2. The molecule has 0 aliphatic heterocycles. The first kappa shape index (κ1) is 12.6. The zero-order valence-corrected chi connectivity index (χ0v) is 11.0. The Bertz CT molecular complexity index is 678. The van der Waals surface area contributed by atoms with Crippen molar-refractivity contribution in [3.05, 3.63) is 26.7 Å².